The number of hydrogen-bond donors (Lipinski definition) is 1. The molecule has 2 aromatic heterocycles. The molecule has 1 saturated heterocycles. The van der Waals surface area contributed by atoms with Gasteiger partial charge >= 0.3 is 0 Å². The van der Waals surface area contributed by atoms with Crippen LogP contribution in [0.1, 0.15) is 30.4 Å². The number of fused-ring (bicyclic) bond motifs is 1. The Kier molecular flexibility index (Phi) is 3.80. The average molecular weight is 323 g/mol. The van der Waals surface area contributed by atoms with Gasteiger partial charge in [-0.05, 0) is 37.3 Å². The van der Waals surface area contributed by atoms with E-state index in [2.05, 4.69) is 33.4 Å². The molecule has 24 heavy (non-hydrogen) atoms. The average Bonchev–Trinajstić information content (AvgIpc) is 3.22. The number of H-pyrrole nitrogens is 1. The van der Waals surface area contributed by atoms with Gasteiger partial charge < -0.3 is 9.47 Å². The highest BCUT2D eigenvalue weighted by atomic mass is 16.2. The summed E-state index contributed by atoms with van der Waals surface area (Å²) in [6.45, 7) is 3.81. The smallest absolute Gasteiger partial charge is 0.242 e. The third-order valence-corrected chi connectivity index (χ3v) is 4.74. The van der Waals surface area contributed by atoms with Crippen molar-refractivity contribution in [3.63, 3.8) is 0 Å². The first-order valence-electron chi connectivity index (χ1n) is 8.41. The van der Waals surface area contributed by atoms with E-state index in [9.17, 15) is 4.79 Å². The Morgan fingerprint density at radius 1 is 1.33 bits per heavy atom. The number of piperidine rings is 1. The Hall–Kier alpha value is -2.63. The molecule has 0 bridgehead atoms. The van der Waals surface area contributed by atoms with Crippen LogP contribution in [0.2, 0.25) is 0 Å². The fourth-order valence-electron chi connectivity index (χ4n) is 3.48. The van der Waals surface area contributed by atoms with E-state index < -0.39 is 0 Å². The lowest BCUT2D eigenvalue weighted by molar-refractivity contribution is -0.133. The molecule has 4 rings (SSSR count). The molecule has 1 amide bonds. The normalized spacial score (nSPS) is 18.2. The quantitative estimate of drug-likeness (QED) is 0.805. The van der Waals surface area contributed by atoms with Gasteiger partial charge in [0.2, 0.25) is 5.91 Å². The highest BCUT2D eigenvalue weighted by Crippen LogP contribution is 2.25. The Bertz CT molecular complexity index is 865. The number of para-hydroxylation sites is 1. The van der Waals surface area contributed by atoms with Crippen LogP contribution < -0.4 is 0 Å². The molecule has 3 aromatic rings. The maximum absolute atomic E-state index is 12.7. The molecule has 6 nitrogen and oxygen atoms in total. The molecule has 1 fully saturated rings. The molecule has 0 aliphatic carbocycles. The van der Waals surface area contributed by atoms with Crippen LogP contribution in [-0.2, 0) is 11.3 Å². The van der Waals surface area contributed by atoms with Gasteiger partial charge in [-0.15, -0.1) is 0 Å². The Morgan fingerprint density at radius 2 is 2.21 bits per heavy atom. The van der Waals surface area contributed by atoms with Gasteiger partial charge in [0.25, 0.3) is 0 Å². The topological polar surface area (TPSA) is 66.8 Å². The minimum atomic E-state index is 0.160. The minimum Gasteiger partial charge on any atom is -0.340 e. The Labute approximate surface area is 140 Å². The number of nitrogens with one attached hydrogen (secondary N) is 1. The van der Waals surface area contributed by atoms with Gasteiger partial charge in [0.1, 0.15) is 12.4 Å². The number of aromatic nitrogens is 4. The summed E-state index contributed by atoms with van der Waals surface area (Å²) in [5.74, 6) is 2.05. The third-order valence-electron chi connectivity index (χ3n) is 4.74. The van der Waals surface area contributed by atoms with Gasteiger partial charge in [0.15, 0.2) is 5.82 Å². The number of nitrogens with zero attached hydrogens (tertiary/aromatic N) is 4. The lowest BCUT2D eigenvalue weighted by Gasteiger charge is -2.31. The molecule has 0 spiro atoms. The zero-order valence-electron chi connectivity index (χ0n) is 13.8. The van der Waals surface area contributed by atoms with Crippen LogP contribution in [0.4, 0.5) is 0 Å². The fourth-order valence-corrected chi connectivity index (χ4v) is 3.48. The van der Waals surface area contributed by atoms with Crippen LogP contribution in [0.25, 0.3) is 10.9 Å². The van der Waals surface area contributed by atoms with Crippen molar-refractivity contribution in [1.82, 2.24) is 24.6 Å². The van der Waals surface area contributed by atoms with E-state index in [0.29, 0.717) is 13.1 Å². The minimum absolute atomic E-state index is 0.160. The van der Waals surface area contributed by atoms with Gasteiger partial charge in [0.05, 0.1) is 0 Å². The number of amides is 1. The van der Waals surface area contributed by atoms with Crippen molar-refractivity contribution >= 4 is 16.8 Å². The van der Waals surface area contributed by atoms with Crippen molar-refractivity contribution in [2.75, 3.05) is 13.1 Å². The van der Waals surface area contributed by atoms with Crippen LogP contribution in [0.3, 0.4) is 0 Å². The first-order valence-corrected chi connectivity index (χ1v) is 8.41. The molecule has 1 unspecified atom stereocenters. The summed E-state index contributed by atoms with van der Waals surface area (Å²) in [4.78, 5) is 19.1. The van der Waals surface area contributed by atoms with E-state index in [1.54, 1.807) is 0 Å². The molecular formula is C18H21N5O. The lowest BCUT2D eigenvalue weighted by atomic mass is 9.97. The van der Waals surface area contributed by atoms with Gasteiger partial charge in [-0.25, -0.2) is 4.98 Å². The van der Waals surface area contributed by atoms with Crippen molar-refractivity contribution in [3.05, 3.63) is 48.2 Å². The van der Waals surface area contributed by atoms with Crippen LogP contribution >= 0.6 is 0 Å². The second-order valence-electron chi connectivity index (χ2n) is 6.46. The maximum atomic E-state index is 12.7. The molecule has 1 aromatic carbocycles. The first-order chi connectivity index (χ1) is 11.7. The number of aromatic amines is 1. The van der Waals surface area contributed by atoms with Crippen molar-refractivity contribution in [2.45, 2.75) is 32.2 Å². The van der Waals surface area contributed by atoms with E-state index in [1.165, 1.54) is 0 Å². The summed E-state index contributed by atoms with van der Waals surface area (Å²) in [5, 5.41) is 8.33. The molecule has 1 atom stereocenters. The monoisotopic (exact) mass is 323 g/mol. The summed E-state index contributed by atoms with van der Waals surface area (Å²) in [6, 6.07) is 10.2. The predicted molar refractivity (Wildman–Crippen MR) is 91.6 cm³/mol. The van der Waals surface area contributed by atoms with Crippen molar-refractivity contribution < 1.29 is 4.79 Å². The molecule has 124 valence electrons. The van der Waals surface area contributed by atoms with Crippen LogP contribution in [0.5, 0.6) is 0 Å². The summed E-state index contributed by atoms with van der Waals surface area (Å²) in [7, 11) is 0. The summed E-state index contributed by atoms with van der Waals surface area (Å²) in [6.07, 6.45) is 4.02. The highest BCUT2D eigenvalue weighted by Gasteiger charge is 2.27. The second kappa shape index (κ2) is 6.11. The third kappa shape index (κ3) is 2.79. The number of benzene rings is 1. The molecule has 0 saturated carbocycles. The predicted octanol–water partition coefficient (Wildman–Crippen LogP) is 2.47. The van der Waals surface area contributed by atoms with E-state index in [4.69, 9.17) is 0 Å². The Balaban J connectivity index is 1.48. The zero-order chi connectivity index (χ0) is 16.5. The highest BCUT2D eigenvalue weighted by molar-refractivity contribution is 5.83. The summed E-state index contributed by atoms with van der Waals surface area (Å²) >= 11 is 0. The number of carbonyl (C=O) groups excluding carboxylic acids is 1. The maximum Gasteiger partial charge on any atom is 0.242 e. The molecule has 6 heteroatoms. The number of likely N-dealkylation sites (tertiary alicyclic amines) is 1. The number of carbonyl (C=O) groups is 1. The van der Waals surface area contributed by atoms with Crippen LogP contribution in [0.15, 0.2) is 36.5 Å². The fraction of sp³-hybridized carbons (Fsp3) is 0.389. The van der Waals surface area contributed by atoms with Crippen molar-refractivity contribution in [1.29, 1.82) is 0 Å². The lowest BCUT2D eigenvalue weighted by Crippen LogP contribution is -2.41. The van der Waals surface area contributed by atoms with E-state index in [-0.39, 0.29) is 11.8 Å². The van der Waals surface area contributed by atoms with Gasteiger partial charge in [-0.3, -0.25) is 9.89 Å². The SMILES string of the molecule is Cc1nc(C2CCCN(C(=O)Cn3ccc4ccccc43)C2)n[nH]1. The van der Waals surface area contributed by atoms with Crippen LogP contribution in [-0.4, -0.2) is 43.6 Å². The van der Waals surface area contributed by atoms with Crippen LogP contribution in [0, 0.1) is 6.92 Å². The standard InChI is InChI=1S/C18H21N5O/c1-13-19-18(21-20-13)15-6-4-9-23(11-15)17(24)12-22-10-8-14-5-2-3-7-16(14)22/h2-3,5,7-8,10,15H,4,6,9,11-12H2,1H3,(H,19,20,21). The van der Waals surface area contributed by atoms with Crippen molar-refractivity contribution in [2.24, 2.45) is 0 Å². The largest absolute Gasteiger partial charge is 0.340 e. The van der Waals surface area contributed by atoms with E-state index >= 15 is 0 Å². The van der Waals surface area contributed by atoms with Gasteiger partial charge in [0, 0.05) is 30.7 Å². The Morgan fingerprint density at radius 3 is 3.04 bits per heavy atom. The first kappa shape index (κ1) is 14.9. The summed E-state index contributed by atoms with van der Waals surface area (Å²) in [5.41, 5.74) is 1.10. The molecule has 1 aliphatic rings. The second-order valence-corrected chi connectivity index (χ2v) is 6.46. The number of aryl methyl sites for hydroxylation is 1. The molecular weight excluding hydrogens is 302 g/mol. The van der Waals surface area contributed by atoms with E-state index in [1.807, 2.05) is 34.7 Å². The van der Waals surface area contributed by atoms with E-state index in [0.717, 1.165) is 41.9 Å². The number of hydrogen-bond acceptors (Lipinski definition) is 3. The number of rotatable bonds is 3. The van der Waals surface area contributed by atoms with Gasteiger partial charge in [-0.2, -0.15) is 5.10 Å². The summed E-state index contributed by atoms with van der Waals surface area (Å²) < 4.78 is 2.03. The molecule has 3 heterocycles. The van der Waals surface area contributed by atoms with Gasteiger partial charge in [-0.1, -0.05) is 18.2 Å². The molecule has 1 N–H and O–H groups in total. The van der Waals surface area contributed by atoms with Crippen molar-refractivity contribution in [3.8, 4) is 0 Å². The zero-order valence-corrected chi connectivity index (χ0v) is 13.8. The molecule has 1 aliphatic heterocycles. The molecule has 0 radical (unpaired) electrons.